The fourth-order valence-corrected chi connectivity index (χ4v) is 1.82. The van der Waals surface area contributed by atoms with Crippen LogP contribution in [-0.2, 0) is 9.53 Å². The summed E-state index contributed by atoms with van der Waals surface area (Å²) in [5.41, 5.74) is 0. The molecule has 2 aliphatic rings. The van der Waals surface area contributed by atoms with E-state index in [2.05, 4.69) is 0 Å². The largest absolute Gasteiger partial charge is 0.377 e. The summed E-state index contributed by atoms with van der Waals surface area (Å²) in [7, 11) is 0. The van der Waals surface area contributed by atoms with Gasteiger partial charge in [-0.3, -0.25) is 4.79 Å². The second-order valence-corrected chi connectivity index (χ2v) is 3.59. The van der Waals surface area contributed by atoms with E-state index >= 15 is 0 Å². The smallest absolute Gasteiger partial charge is 0.137 e. The summed E-state index contributed by atoms with van der Waals surface area (Å²) < 4.78 is 5.53. The van der Waals surface area contributed by atoms with Crippen LogP contribution in [0, 0.1) is 5.92 Å². The fourth-order valence-electron chi connectivity index (χ4n) is 1.82. The molecule has 1 saturated heterocycles. The summed E-state index contributed by atoms with van der Waals surface area (Å²) in [6.45, 7) is 0.667. The van der Waals surface area contributed by atoms with Crippen molar-refractivity contribution in [1.29, 1.82) is 0 Å². The molecule has 0 aromatic rings. The fraction of sp³-hybridized carbons (Fsp3) is 0.889. The van der Waals surface area contributed by atoms with Crippen molar-refractivity contribution in [3.63, 3.8) is 0 Å². The first-order chi connectivity index (χ1) is 5.36. The van der Waals surface area contributed by atoms with Gasteiger partial charge in [-0.15, -0.1) is 0 Å². The minimum Gasteiger partial charge on any atom is -0.377 e. The highest BCUT2D eigenvalue weighted by Gasteiger charge is 2.31. The van der Waals surface area contributed by atoms with Crippen molar-refractivity contribution in [2.24, 2.45) is 5.92 Å². The van der Waals surface area contributed by atoms with Crippen LogP contribution in [0.2, 0.25) is 0 Å². The standard InChI is InChI=1S/C9H14O2/c10-8-4-5-11-9(6-8)7-2-1-3-7/h7,9H,1-6H2. The van der Waals surface area contributed by atoms with Gasteiger partial charge in [-0.1, -0.05) is 6.42 Å². The number of carbonyl (C=O) groups is 1. The quantitative estimate of drug-likeness (QED) is 0.572. The zero-order chi connectivity index (χ0) is 7.68. The normalized spacial score (nSPS) is 33.5. The Balaban J connectivity index is 1.87. The molecule has 0 N–H and O–H groups in total. The van der Waals surface area contributed by atoms with E-state index in [4.69, 9.17) is 4.74 Å². The Morgan fingerprint density at radius 3 is 2.73 bits per heavy atom. The van der Waals surface area contributed by atoms with E-state index in [-0.39, 0.29) is 6.10 Å². The highest BCUT2D eigenvalue weighted by atomic mass is 16.5. The van der Waals surface area contributed by atoms with Crippen LogP contribution in [0.5, 0.6) is 0 Å². The predicted octanol–water partition coefficient (Wildman–Crippen LogP) is 1.53. The van der Waals surface area contributed by atoms with E-state index in [9.17, 15) is 4.79 Å². The van der Waals surface area contributed by atoms with Crippen LogP contribution in [0.3, 0.4) is 0 Å². The zero-order valence-electron chi connectivity index (χ0n) is 6.71. The Morgan fingerprint density at radius 1 is 1.36 bits per heavy atom. The molecule has 11 heavy (non-hydrogen) atoms. The van der Waals surface area contributed by atoms with Gasteiger partial charge in [-0.2, -0.15) is 0 Å². The van der Waals surface area contributed by atoms with Gasteiger partial charge in [0, 0.05) is 12.8 Å². The second-order valence-electron chi connectivity index (χ2n) is 3.59. The molecule has 62 valence electrons. The molecule has 1 atom stereocenters. The van der Waals surface area contributed by atoms with Gasteiger partial charge in [0.2, 0.25) is 0 Å². The Hall–Kier alpha value is -0.370. The van der Waals surface area contributed by atoms with Crippen molar-refractivity contribution >= 4 is 5.78 Å². The van der Waals surface area contributed by atoms with Gasteiger partial charge in [0.25, 0.3) is 0 Å². The number of Topliss-reactive ketones (excluding diaryl/α,β-unsaturated/α-hetero) is 1. The minimum atomic E-state index is 0.282. The molecule has 1 aliphatic heterocycles. The maximum Gasteiger partial charge on any atom is 0.137 e. The first-order valence-corrected chi connectivity index (χ1v) is 4.49. The summed E-state index contributed by atoms with van der Waals surface area (Å²) in [5, 5.41) is 0. The van der Waals surface area contributed by atoms with Gasteiger partial charge >= 0.3 is 0 Å². The number of hydrogen-bond acceptors (Lipinski definition) is 2. The highest BCUT2D eigenvalue weighted by molar-refractivity contribution is 5.79. The Bertz CT molecular complexity index is 161. The van der Waals surface area contributed by atoms with E-state index in [0.29, 0.717) is 31.1 Å². The van der Waals surface area contributed by atoms with E-state index in [1.165, 1.54) is 19.3 Å². The lowest BCUT2D eigenvalue weighted by molar-refractivity contribution is -0.132. The van der Waals surface area contributed by atoms with Crippen LogP contribution < -0.4 is 0 Å². The van der Waals surface area contributed by atoms with Crippen molar-refractivity contribution in [2.45, 2.75) is 38.2 Å². The lowest BCUT2D eigenvalue weighted by atomic mass is 9.79. The van der Waals surface area contributed by atoms with Crippen molar-refractivity contribution in [3.05, 3.63) is 0 Å². The summed E-state index contributed by atoms with van der Waals surface area (Å²) >= 11 is 0. The lowest BCUT2D eigenvalue weighted by Gasteiger charge is -2.35. The topological polar surface area (TPSA) is 26.3 Å². The molecule has 2 heteroatoms. The number of carbonyl (C=O) groups excluding carboxylic acids is 1. The Morgan fingerprint density at radius 2 is 2.18 bits per heavy atom. The molecule has 0 aromatic heterocycles. The minimum absolute atomic E-state index is 0.282. The predicted molar refractivity (Wildman–Crippen MR) is 41.3 cm³/mol. The lowest BCUT2D eigenvalue weighted by Crippen LogP contribution is -2.35. The summed E-state index contributed by atoms with van der Waals surface area (Å²) in [6.07, 6.45) is 5.49. The zero-order valence-corrected chi connectivity index (χ0v) is 6.71. The average Bonchev–Trinajstić information content (AvgIpc) is 1.83. The van der Waals surface area contributed by atoms with Crippen molar-refractivity contribution < 1.29 is 9.53 Å². The maximum atomic E-state index is 11.0. The number of ketones is 1. The molecule has 0 spiro atoms. The molecular formula is C9H14O2. The monoisotopic (exact) mass is 154 g/mol. The van der Waals surface area contributed by atoms with Gasteiger partial charge in [0.15, 0.2) is 0 Å². The van der Waals surface area contributed by atoms with Crippen LogP contribution in [0.25, 0.3) is 0 Å². The van der Waals surface area contributed by atoms with Gasteiger partial charge in [-0.25, -0.2) is 0 Å². The van der Waals surface area contributed by atoms with Crippen LogP contribution in [0.15, 0.2) is 0 Å². The summed E-state index contributed by atoms with van der Waals surface area (Å²) in [5.74, 6) is 1.10. The molecule has 0 radical (unpaired) electrons. The van der Waals surface area contributed by atoms with E-state index < -0.39 is 0 Å². The third-order valence-corrected chi connectivity index (χ3v) is 2.82. The van der Waals surface area contributed by atoms with Crippen LogP contribution in [0.1, 0.15) is 32.1 Å². The third-order valence-electron chi connectivity index (χ3n) is 2.82. The SMILES string of the molecule is O=C1CCOC(C2CCC2)C1. The number of rotatable bonds is 1. The van der Waals surface area contributed by atoms with E-state index in [1.54, 1.807) is 0 Å². The molecule has 1 unspecified atom stereocenters. The average molecular weight is 154 g/mol. The Kier molecular flexibility index (Phi) is 1.95. The molecule has 2 nitrogen and oxygen atoms in total. The number of hydrogen-bond donors (Lipinski definition) is 0. The molecule has 0 bridgehead atoms. The third kappa shape index (κ3) is 1.45. The molecule has 1 saturated carbocycles. The summed E-state index contributed by atoms with van der Waals surface area (Å²) in [4.78, 5) is 11.0. The molecule has 1 heterocycles. The van der Waals surface area contributed by atoms with E-state index in [1.807, 2.05) is 0 Å². The van der Waals surface area contributed by atoms with Gasteiger partial charge in [0.1, 0.15) is 5.78 Å². The molecule has 0 aromatic carbocycles. The van der Waals surface area contributed by atoms with Crippen LogP contribution in [-0.4, -0.2) is 18.5 Å². The molecular weight excluding hydrogens is 140 g/mol. The maximum absolute atomic E-state index is 11.0. The first-order valence-electron chi connectivity index (χ1n) is 4.49. The van der Waals surface area contributed by atoms with Crippen LogP contribution in [0.4, 0.5) is 0 Å². The second kappa shape index (κ2) is 2.94. The van der Waals surface area contributed by atoms with Crippen LogP contribution >= 0.6 is 0 Å². The summed E-state index contributed by atoms with van der Waals surface area (Å²) in [6, 6.07) is 0. The molecule has 2 rings (SSSR count). The highest BCUT2D eigenvalue weighted by Crippen LogP contribution is 2.34. The molecule has 1 aliphatic carbocycles. The van der Waals surface area contributed by atoms with E-state index in [0.717, 1.165) is 0 Å². The van der Waals surface area contributed by atoms with Gasteiger partial charge in [-0.05, 0) is 18.8 Å². The van der Waals surface area contributed by atoms with Crippen molar-refractivity contribution in [3.8, 4) is 0 Å². The van der Waals surface area contributed by atoms with Gasteiger partial charge in [0.05, 0.1) is 12.7 Å². The number of ether oxygens (including phenoxy) is 1. The molecule has 2 fully saturated rings. The van der Waals surface area contributed by atoms with Crippen molar-refractivity contribution in [1.82, 2.24) is 0 Å². The first kappa shape index (κ1) is 7.29. The molecule has 0 amide bonds. The van der Waals surface area contributed by atoms with Crippen molar-refractivity contribution in [2.75, 3.05) is 6.61 Å². The Labute approximate surface area is 66.9 Å². The van der Waals surface area contributed by atoms with Gasteiger partial charge < -0.3 is 4.74 Å².